The van der Waals surface area contributed by atoms with Gasteiger partial charge in [-0.2, -0.15) is 0 Å². The van der Waals surface area contributed by atoms with Gasteiger partial charge >= 0.3 is 11.9 Å². The zero-order chi connectivity index (χ0) is 13.8. The van der Waals surface area contributed by atoms with Gasteiger partial charge in [0.1, 0.15) is 0 Å². The molecule has 4 heteroatoms. The largest absolute Gasteiger partial charge is 0.465 e. The van der Waals surface area contributed by atoms with Crippen LogP contribution >= 0.6 is 0 Å². The summed E-state index contributed by atoms with van der Waals surface area (Å²) < 4.78 is 10.0. The molecule has 0 amide bonds. The van der Waals surface area contributed by atoms with Crippen molar-refractivity contribution in [2.45, 2.75) is 33.1 Å². The molecule has 0 spiro atoms. The molecule has 2 aliphatic rings. The molecule has 0 heterocycles. The van der Waals surface area contributed by atoms with Crippen LogP contribution in [0.1, 0.15) is 33.1 Å². The molecule has 2 bridgehead atoms. The van der Waals surface area contributed by atoms with Crippen molar-refractivity contribution < 1.29 is 19.1 Å². The summed E-state index contributed by atoms with van der Waals surface area (Å²) in [5.41, 5.74) is 0. The maximum absolute atomic E-state index is 11.9. The fraction of sp³-hybridized carbons (Fsp3) is 0.733. The summed E-state index contributed by atoms with van der Waals surface area (Å²) in [4.78, 5) is 23.8. The molecular weight excluding hydrogens is 244 g/mol. The average Bonchev–Trinajstić information content (AvgIpc) is 2.98. The van der Waals surface area contributed by atoms with Gasteiger partial charge in [-0.15, -0.1) is 0 Å². The Morgan fingerprint density at radius 3 is 2.16 bits per heavy atom. The minimum Gasteiger partial charge on any atom is -0.465 e. The highest BCUT2D eigenvalue weighted by atomic mass is 16.6. The predicted molar refractivity (Wildman–Crippen MR) is 70.2 cm³/mol. The Morgan fingerprint density at radius 1 is 1.11 bits per heavy atom. The highest BCUT2D eigenvalue weighted by molar-refractivity contribution is 5.94. The number of hydrogen-bond donors (Lipinski definition) is 0. The lowest BCUT2D eigenvalue weighted by molar-refractivity contribution is -0.162. The smallest absolute Gasteiger partial charge is 0.320 e. The van der Waals surface area contributed by atoms with Crippen LogP contribution in [0.25, 0.3) is 0 Å². The van der Waals surface area contributed by atoms with Crippen LogP contribution in [0.5, 0.6) is 0 Å². The van der Waals surface area contributed by atoms with E-state index in [9.17, 15) is 9.59 Å². The second-order valence-corrected chi connectivity index (χ2v) is 5.33. The third kappa shape index (κ3) is 3.17. The van der Waals surface area contributed by atoms with Gasteiger partial charge in [0, 0.05) is 0 Å². The zero-order valence-electron chi connectivity index (χ0n) is 11.6. The molecule has 106 valence electrons. The normalized spacial score (nSPS) is 27.8. The summed E-state index contributed by atoms with van der Waals surface area (Å²) >= 11 is 0. The summed E-state index contributed by atoms with van der Waals surface area (Å²) in [5, 5.41) is 0. The van der Waals surface area contributed by atoms with Crippen molar-refractivity contribution in [2.24, 2.45) is 23.7 Å². The van der Waals surface area contributed by atoms with E-state index in [4.69, 9.17) is 9.47 Å². The van der Waals surface area contributed by atoms with E-state index in [2.05, 4.69) is 12.2 Å². The van der Waals surface area contributed by atoms with E-state index in [1.54, 1.807) is 13.8 Å². The molecule has 3 unspecified atom stereocenters. The van der Waals surface area contributed by atoms with E-state index < -0.39 is 17.9 Å². The maximum Gasteiger partial charge on any atom is 0.320 e. The van der Waals surface area contributed by atoms with Crippen molar-refractivity contribution in [3.05, 3.63) is 12.2 Å². The first kappa shape index (κ1) is 14.1. The summed E-state index contributed by atoms with van der Waals surface area (Å²) in [6.07, 6.45) is 7.29. The number of ether oxygens (including phenoxy) is 2. The topological polar surface area (TPSA) is 52.6 Å². The van der Waals surface area contributed by atoms with Gasteiger partial charge in [-0.05, 0) is 50.9 Å². The highest BCUT2D eigenvalue weighted by Gasteiger charge is 2.40. The van der Waals surface area contributed by atoms with Crippen LogP contribution in [0, 0.1) is 23.7 Å². The summed E-state index contributed by atoms with van der Waals surface area (Å²) in [6, 6.07) is 0. The Labute approximate surface area is 114 Å². The molecule has 0 aromatic carbocycles. The SMILES string of the molecule is CCOC(=O)C(CC1CC2C=CC1C2)C(=O)OCC. The van der Waals surface area contributed by atoms with Gasteiger partial charge in [-0.1, -0.05) is 12.2 Å². The molecule has 2 rings (SSSR count). The molecule has 4 nitrogen and oxygen atoms in total. The molecule has 3 atom stereocenters. The van der Waals surface area contributed by atoms with Gasteiger partial charge in [0.2, 0.25) is 0 Å². The van der Waals surface area contributed by atoms with Crippen molar-refractivity contribution in [1.82, 2.24) is 0 Å². The zero-order valence-corrected chi connectivity index (χ0v) is 11.6. The Hall–Kier alpha value is -1.32. The Kier molecular flexibility index (Phi) is 4.61. The van der Waals surface area contributed by atoms with Gasteiger partial charge in [0.25, 0.3) is 0 Å². The first-order valence-electron chi connectivity index (χ1n) is 7.17. The number of carbonyl (C=O) groups excluding carboxylic acids is 2. The number of hydrogen-bond acceptors (Lipinski definition) is 4. The second-order valence-electron chi connectivity index (χ2n) is 5.33. The van der Waals surface area contributed by atoms with E-state index in [1.165, 1.54) is 6.42 Å². The van der Waals surface area contributed by atoms with Crippen molar-refractivity contribution >= 4 is 11.9 Å². The monoisotopic (exact) mass is 266 g/mol. The van der Waals surface area contributed by atoms with Crippen molar-refractivity contribution in [2.75, 3.05) is 13.2 Å². The standard InChI is InChI=1S/C15H22O4/c1-3-18-14(16)13(15(17)19-4-2)9-12-8-10-5-6-11(12)7-10/h5-6,10-13H,3-4,7-9H2,1-2H3. The first-order chi connectivity index (χ1) is 9.15. The van der Waals surface area contributed by atoms with E-state index in [0.29, 0.717) is 37.4 Å². The molecule has 19 heavy (non-hydrogen) atoms. The van der Waals surface area contributed by atoms with Crippen LogP contribution in [0.3, 0.4) is 0 Å². The Balaban J connectivity index is 1.99. The third-order valence-electron chi connectivity index (χ3n) is 4.10. The predicted octanol–water partition coefficient (Wildman–Crippen LogP) is 2.33. The molecule has 0 aliphatic heterocycles. The summed E-state index contributed by atoms with van der Waals surface area (Å²) in [5.74, 6) is -0.0525. The van der Waals surface area contributed by atoms with Crippen LogP contribution in [0.4, 0.5) is 0 Å². The minimum atomic E-state index is -0.752. The summed E-state index contributed by atoms with van der Waals surface area (Å²) in [6.45, 7) is 4.09. The number of allylic oxidation sites excluding steroid dienone is 2. The number of esters is 2. The quantitative estimate of drug-likeness (QED) is 0.420. The van der Waals surface area contributed by atoms with Crippen LogP contribution in [-0.4, -0.2) is 25.2 Å². The maximum atomic E-state index is 11.9. The van der Waals surface area contributed by atoms with Crippen LogP contribution in [0.2, 0.25) is 0 Å². The van der Waals surface area contributed by atoms with Gasteiger partial charge in [0.15, 0.2) is 5.92 Å². The van der Waals surface area contributed by atoms with Gasteiger partial charge in [-0.25, -0.2) is 0 Å². The van der Waals surface area contributed by atoms with E-state index in [-0.39, 0.29) is 0 Å². The fourth-order valence-corrected chi connectivity index (χ4v) is 3.24. The number of fused-ring (bicyclic) bond motifs is 2. The third-order valence-corrected chi connectivity index (χ3v) is 4.10. The molecule has 0 aromatic rings. The lowest BCUT2D eigenvalue weighted by atomic mass is 9.85. The van der Waals surface area contributed by atoms with Crippen LogP contribution < -0.4 is 0 Å². The average molecular weight is 266 g/mol. The summed E-state index contributed by atoms with van der Waals surface area (Å²) in [7, 11) is 0. The Morgan fingerprint density at radius 2 is 1.74 bits per heavy atom. The molecular formula is C15H22O4. The molecule has 0 saturated heterocycles. The molecule has 2 aliphatic carbocycles. The molecule has 0 N–H and O–H groups in total. The van der Waals surface area contributed by atoms with Gasteiger partial charge < -0.3 is 9.47 Å². The van der Waals surface area contributed by atoms with Crippen molar-refractivity contribution in [3.63, 3.8) is 0 Å². The lowest BCUT2D eigenvalue weighted by Crippen LogP contribution is -2.31. The van der Waals surface area contributed by atoms with E-state index >= 15 is 0 Å². The lowest BCUT2D eigenvalue weighted by Gasteiger charge is -2.22. The first-order valence-corrected chi connectivity index (χ1v) is 7.17. The van der Waals surface area contributed by atoms with Gasteiger partial charge in [0.05, 0.1) is 13.2 Å². The van der Waals surface area contributed by atoms with Crippen LogP contribution in [-0.2, 0) is 19.1 Å². The van der Waals surface area contributed by atoms with Crippen LogP contribution in [0.15, 0.2) is 12.2 Å². The minimum absolute atomic E-state index is 0.297. The fourth-order valence-electron chi connectivity index (χ4n) is 3.24. The molecule has 0 radical (unpaired) electrons. The van der Waals surface area contributed by atoms with E-state index in [0.717, 1.165) is 6.42 Å². The number of rotatable bonds is 6. The molecule has 0 aromatic heterocycles. The van der Waals surface area contributed by atoms with Crippen molar-refractivity contribution in [3.8, 4) is 0 Å². The second kappa shape index (κ2) is 6.22. The van der Waals surface area contributed by atoms with Gasteiger partial charge in [-0.3, -0.25) is 9.59 Å². The van der Waals surface area contributed by atoms with E-state index in [1.807, 2.05) is 0 Å². The Bertz CT molecular complexity index is 356. The number of carbonyl (C=O) groups is 2. The van der Waals surface area contributed by atoms with Crippen molar-refractivity contribution in [1.29, 1.82) is 0 Å². The molecule has 1 fully saturated rings. The highest BCUT2D eigenvalue weighted by Crippen LogP contribution is 2.46. The molecule has 1 saturated carbocycles.